The summed E-state index contributed by atoms with van der Waals surface area (Å²) in [6.07, 6.45) is 1.55. The standard InChI is InChI=1S/C14H13N3OS3/c1-9(11-3-2-5-19-11)17-12(18)7-21-14-13-10(4-6-20-13)15-8-16-14/h2-6,8-9H,7H2,1H3,(H,17,18)/t9-/m0/s1. The number of thiophene rings is 2. The van der Waals surface area contributed by atoms with Gasteiger partial charge in [-0.25, -0.2) is 9.97 Å². The van der Waals surface area contributed by atoms with Crippen LogP contribution in [0.15, 0.2) is 40.3 Å². The lowest BCUT2D eigenvalue weighted by molar-refractivity contribution is -0.119. The van der Waals surface area contributed by atoms with Crippen molar-refractivity contribution in [3.63, 3.8) is 0 Å². The van der Waals surface area contributed by atoms with Gasteiger partial charge in [-0.2, -0.15) is 0 Å². The van der Waals surface area contributed by atoms with E-state index in [9.17, 15) is 4.79 Å². The van der Waals surface area contributed by atoms with Gasteiger partial charge in [0.1, 0.15) is 11.4 Å². The first-order valence-electron chi connectivity index (χ1n) is 6.38. The molecule has 0 aliphatic heterocycles. The predicted octanol–water partition coefficient (Wildman–Crippen LogP) is 3.72. The van der Waals surface area contributed by atoms with Crippen molar-refractivity contribution in [2.45, 2.75) is 18.0 Å². The Hall–Kier alpha value is -1.44. The molecule has 1 N–H and O–H groups in total. The minimum Gasteiger partial charge on any atom is -0.348 e. The maximum absolute atomic E-state index is 12.0. The van der Waals surface area contributed by atoms with E-state index < -0.39 is 0 Å². The number of carbonyl (C=O) groups excluding carboxylic acids is 1. The number of hydrogen-bond donors (Lipinski definition) is 1. The van der Waals surface area contributed by atoms with Gasteiger partial charge in [0.15, 0.2) is 0 Å². The van der Waals surface area contributed by atoms with Crippen molar-refractivity contribution < 1.29 is 4.79 Å². The van der Waals surface area contributed by atoms with E-state index >= 15 is 0 Å². The molecule has 0 unspecified atom stereocenters. The number of nitrogens with zero attached hydrogens (tertiary/aromatic N) is 2. The van der Waals surface area contributed by atoms with Crippen LogP contribution < -0.4 is 5.32 Å². The maximum atomic E-state index is 12.0. The molecule has 0 aromatic carbocycles. The second-order valence-electron chi connectivity index (χ2n) is 4.41. The van der Waals surface area contributed by atoms with Gasteiger partial charge < -0.3 is 5.32 Å². The molecule has 0 saturated heterocycles. The van der Waals surface area contributed by atoms with Crippen LogP contribution in [-0.2, 0) is 4.79 Å². The van der Waals surface area contributed by atoms with Crippen molar-refractivity contribution in [1.82, 2.24) is 15.3 Å². The molecule has 0 fully saturated rings. The number of aromatic nitrogens is 2. The minimum absolute atomic E-state index is 0.0178. The van der Waals surface area contributed by atoms with Gasteiger partial charge in [-0.15, -0.1) is 22.7 Å². The van der Waals surface area contributed by atoms with Crippen molar-refractivity contribution in [2.75, 3.05) is 5.75 Å². The van der Waals surface area contributed by atoms with E-state index in [2.05, 4.69) is 15.3 Å². The molecule has 0 radical (unpaired) electrons. The van der Waals surface area contributed by atoms with E-state index in [1.807, 2.05) is 35.9 Å². The molecule has 7 heteroatoms. The highest BCUT2D eigenvalue weighted by molar-refractivity contribution is 8.00. The highest BCUT2D eigenvalue weighted by atomic mass is 32.2. The van der Waals surface area contributed by atoms with Crippen molar-refractivity contribution in [3.8, 4) is 0 Å². The van der Waals surface area contributed by atoms with Gasteiger partial charge in [0.2, 0.25) is 5.91 Å². The molecule has 3 rings (SSSR count). The molecule has 0 saturated carbocycles. The van der Waals surface area contributed by atoms with Crippen LogP contribution in [0.25, 0.3) is 10.2 Å². The molecule has 0 spiro atoms. The molecule has 0 bridgehead atoms. The fourth-order valence-electron chi connectivity index (χ4n) is 1.89. The van der Waals surface area contributed by atoms with Gasteiger partial charge in [-0.1, -0.05) is 17.8 Å². The van der Waals surface area contributed by atoms with Gasteiger partial charge in [0, 0.05) is 4.88 Å². The first-order chi connectivity index (χ1) is 10.2. The first kappa shape index (κ1) is 14.5. The summed E-state index contributed by atoms with van der Waals surface area (Å²) in [5.74, 6) is 0.379. The lowest BCUT2D eigenvalue weighted by atomic mass is 10.3. The number of carbonyl (C=O) groups is 1. The number of hydrogen-bond acceptors (Lipinski definition) is 6. The molecule has 3 aromatic heterocycles. The first-order valence-corrected chi connectivity index (χ1v) is 9.12. The molecule has 3 aromatic rings. The van der Waals surface area contributed by atoms with Crippen LogP contribution in [-0.4, -0.2) is 21.6 Å². The summed E-state index contributed by atoms with van der Waals surface area (Å²) in [6, 6.07) is 6.03. The number of amides is 1. The number of thioether (sulfide) groups is 1. The van der Waals surface area contributed by atoms with Gasteiger partial charge in [-0.05, 0) is 29.8 Å². The van der Waals surface area contributed by atoms with Gasteiger partial charge in [0.25, 0.3) is 0 Å². The van der Waals surface area contributed by atoms with Crippen LogP contribution in [0, 0.1) is 0 Å². The quantitative estimate of drug-likeness (QED) is 0.570. The lowest BCUT2D eigenvalue weighted by Crippen LogP contribution is -2.27. The van der Waals surface area contributed by atoms with E-state index in [-0.39, 0.29) is 11.9 Å². The molecule has 4 nitrogen and oxygen atoms in total. The molecular weight excluding hydrogens is 322 g/mol. The Morgan fingerprint density at radius 2 is 2.24 bits per heavy atom. The van der Waals surface area contributed by atoms with Crippen LogP contribution in [0.2, 0.25) is 0 Å². The average molecular weight is 335 g/mol. The zero-order chi connectivity index (χ0) is 14.7. The summed E-state index contributed by atoms with van der Waals surface area (Å²) in [5, 5.41) is 7.88. The second-order valence-corrected chi connectivity index (χ2v) is 7.27. The minimum atomic E-state index is 0.0178. The predicted molar refractivity (Wildman–Crippen MR) is 89.0 cm³/mol. The molecule has 108 valence electrons. The molecule has 21 heavy (non-hydrogen) atoms. The van der Waals surface area contributed by atoms with E-state index in [0.717, 1.165) is 20.1 Å². The Morgan fingerprint density at radius 3 is 3.05 bits per heavy atom. The highest BCUT2D eigenvalue weighted by Crippen LogP contribution is 2.28. The Kier molecular flexibility index (Phi) is 4.52. The van der Waals surface area contributed by atoms with Crippen molar-refractivity contribution in [2.24, 2.45) is 0 Å². The maximum Gasteiger partial charge on any atom is 0.230 e. The zero-order valence-corrected chi connectivity index (χ0v) is 13.7. The Bertz CT molecular complexity index is 739. The monoisotopic (exact) mass is 335 g/mol. The summed E-state index contributed by atoms with van der Waals surface area (Å²) in [5.41, 5.74) is 0.935. The van der Waals surface area contributed by atoms with E-state index in [4.69, 9.17) is 0 Å². The normalized spacial score (nSPS) is 12.4. The number of rotatable bonds is 5. The van der Waals surface area contributed by atoms with E-state index in [1.54, 1.807) is 29.0 Å². The summed E-state index contributed by atoms with van der Waals surface area (Å²) in [7, 11) is 0. The fraction of sp³-hybridized carbons (Fsp3) is 0.214. The summed E-state index contributed by atoms with van der Waals surface area (Å²) < 4.78 is 1.04. The van der Waals surface area contributed by atoms with E-state index in [1.165, 1.54) is 11.8 Å². The Balaban J connectivity index is 1.60. The smallest absolute Gasteiger partial charge is 0.230 e. The number of fused-ring (bicyclic) bond motifs is 1. The summed E-state index contributed by atoms with van der Waals surface area (Å²) in [6.45, 7) is 2.00. The molecule has 1 atom stereocenters. The molecule has 0 aliphatic carbocycles. The molecule has 3 heterocycles. The summed E-state index contributed by atoms with van der Waals surface area (Å²) in [4.78, 5) is 21.7. The second kappa shape index (κ2) is 6.55. The third kappa shape index (κ3) is 3.42. The highest BCUT2D eigenvalue weighted by Gasteiger charge is 2.12. The van der Waals surface area contributed by atoms with Crippen LogP contribution in [0.4, 0.5) is 0 Å². The van der Waals surface area contributed by atoms with Crippen molar-refractivity contribution in [1.29, 1.82) is 0 Å². The fourth-order valence-corrected chi connectivity index (χ4v) is 4.39. The molecule has 1 amide bonds. The largest absolute Gasteiger partial charge is 0.348 e. The SMILES string of the molecule is C[C@H](NC(=O)CSc1ncnc2ccsc12)c1cccs1. The molecule has 0 aliphatic rings. The zero-order valence-electron chi connectivity index (χ0n) is 11.3. The van der Waals surface area contributed by atoms with Crippen LogP contribution in [0.5, 0.6) is 0 Å². The third-order valence-corrected chi connectivity index (χ3v) is 5.98. The van der Waals surface area contributed by atoms with Crippen LogP contribution in [0.1, 0.15) is 17.8 Å². The third-order valence-electron chi connectivity index (χ3n) is 2.90. The topological polar surface area (TPSA) is 54.9 Å². The number of nitrogens with one attached hydrogen (secondary N) is 1. The van der Waals surface area contributed by atoms with Crippen molar-refractivity contribution in [3.05, 3.63) is 40.2 Å². The van der Waals surface area contributed by atoms with Gasteiger partial charge in [-0.3, -0.25) is 4.79 Å². The van der Waals surface area contributed by atoms with Crippen LogP contribution >= 0.6 is 34.4 Å². The average Bonchev–Trinajstić information content (AvgIpc) is 3.15. The summed E-state index contributed by atoms with van der Waals surface area (Å²) >= 11 is 4.70. The van der Waals surface area contributed by atoms with Gasteiger partial charge >= 0.3 is 0 Å². The Morgan fingerprint density at radius 1 is 1.33 bits per heavy atom. The van der Waals surface area contributed by atoms with Crippen LogP contribution in [0.3, 0.4) is 0 Å². The lowest BCUT2D eigenvalue weighted by Gasteiger charge is -2.11. The van der Waals surface area contributed by atoms with Gasteiger partial charge in [0.05, 0.1) is 22.0 Å². The molecular formula is C14H13N3OS3. The van der Waals surface area contributed by atoms with Crippen molar-refractivity contribution >= 4 is 50.6 Å². The Labute approximate surface area is 134 Å². The van der Waals surface area contributed by atoms with E-state index in [0.29, 0.717) is 5.75 Å².